The minimum Gasteiger partial charge on any atom is -0.459 e. The van der Waals surface area contributed by atoms with Crippen molar-refractivity contribution in [2.45, 2.75) is 37.8 Å². The zero-order valence-corrected chi connectivity index (χ0v) is 18.0. The van der Waals surface area contributed by atoms with Crippen LogP contribution >= 0.6 is 0 Å². The summed E-state index contributed by atoms with van der Waals surface area (Å²) in [5, 5.41) is 5.53. The lowest BCUT2D eigenvalue weighted by atomic mass is 10.0. The van der Waals surface area contributed by atoms with Gasteiger partial charge in [-0.25, -0.2) is 4.39 Å². The monoisotopic (exact) mass is 445 g/mol. The van der Waals surface area contributed by atoms with Crippen LogP contribution in [0.3, 0.4) is 0 Å². The van der Waals surface area contributed by atoms with Crippen LogP contribution in [0.4, 0.5) is 4.39 Å². The Labute approximate surface area is 186 Å². The smallest absolute Gasteiger partial charge is 0.287 e. The molecule has 0 unspecified atom stereocenters. The molecule has 3 rings (SSSR count). The summed E-state index contributed by atoms with van der Waals surface area (Å²) in [6, 6.07) is 7.60. The van der Waals surface area contributed by atoms with Crippen LogP contribution in [0.15, 0.2) is 47.1 Å². The van der Waals surface area contributed by atoms with Crippen molar-refractivity contribution in [3.63, 3.8) is 0 Å². The van der Waals surface area contributed by atoms with Crippen molar-refractivity contribution in [3.05, 3.63) is 59.8 Å². The van der Waals surface area contributed by atoms with Gasteiger partial charge in [-0.3, -0.25) is 14.4 Å². The quantitative estimate of drug-likeness (QED) is 0.585. The molecule has 1 fully saturated rings. The lowest BCUT2D eigenvalue weighted by Gasteiger charge is -2.32. The van der Waals surface area contributed by atoms with Gasteiger partial charge >= 0.3 is 0 Å². The predicted octanol–water partition coefficient (Wildman–Crippen LogP) is 2.42. The number of benzene rings is 1. The molecule has 2 aromatic rings. The van der Waals surface area contributed by atoms with Gasteiger partial charge in [0.1, 0.15) is 11.9 Å². The molecule has 0 aliphatic heterocycles. The van der Waals surface area contributed by atoms with E-state index in [1.54, 1.807) is 6.07 Å². The van der Waals surface area contributed by atoms with E-state index in [4.69, 9.17) is 9.15 Å². The van der Waals surface area contributed by atoms with Gasteiger partial charge in [-0.15, -0.1) is 0 Å². The van der Waals surface area contributed by atoms with Gasteiger partial charge in [0.25, 0.3) is 5.91 Å². The van der Waals surface area contributed by atoms with E-state index in [0.717, 1.165) is 25.7 Å². The number of rotatable bonds is 10. The highest BCUT2D eigenvalue weighted by molar-refractivity contribution is 5.95. The van der Waals surface area contributed by atoms with E-state index in [1.165, 1.54) is 48.6 Å². The number of halogens is 1. The first-order valence-corrected chi connectivity index (χ1v) is 10.7. The Hall–Kier alpha value is -3.20. The molecule has 2 N–H and O–H groups in total. The third-order valence-electron chi connectivity index (χ3n) is 5.45. The highest BCUT2D eigenvalue weighted by Crippen LogP contribution is 2.24. The first-order valence-electron chi connectivity index (χ1n) is 10.7. The van der Waals surface area contributed by atoms with Crippen LogP contribution in [-0.2, 0) is 14.3 Å². The average Bonchev–Trinajstić information content (AvgIpc) is 3.50. The number of carbonyl (C=O) groups excluding carboxylic acids is 3. The van der Waals surface area contributed by atoms with E-state index in [0.29, 0.717) is 5.56 Å². The number of nitrogens with one attached hydrogen (secondary N) is 2. The molecule has 1 aliphatic carbocycles. The predicted molar refractivity (Wildman–Crippen MR) is 114 cm³/mol. The van der Waals surface area contributed by atoms with Crippen molar-refractivity contribution in [1.29, 1.82) is 0 Å². The number of methoxy groups -OCH3 is 1. The Bertz CT molecular complexity index is 895. The molecule has 172 valence electrons. The van der Waals surface area contributed by atoms with Crippen LogP contribution in [0, 0.1) is 5.82 Å². The maximum absolute atomic E-state index is 13.5. The van der Waals surface area contributed by atoms with Gasteiger partial charge in [0.15, 0.2) is 5.76 Å². The number of hydrogen-bond acceptors (Lipinski definition) is 5. The highest BCUT2D eigenvalue weighted by atomic mass is 19.1. The SMILES string of the molecule is COCCN(C(=O)CNC(=O)c1ccco1)[C@@H](C(=O)NC1CCCC1)c1ccc(F)cc1. The highest BCUT2D eigenvalue weighted by Gasteiger charge is 2.33. The summed E-state index contributed by atoms with van der Waals surface area (Å²) in [5.74, 6) is -1.72. The van der Waals surface area contributed by atoms with Gasteiger partial charge < -0.3 is 24.7 Å². The maximum Gasteiger partial charge on any atom is 0.287 e. The second-order valence-corrected chi connectivity index (χ2v) is 7.68. The Morgan fingerprint density at radius 2 is 1.91 bits per heavy atom. The van der Waals surface area contributed by atoms with Crippen LogP contribution in [0.25, 0.3) is 0 Å². The van der Waals surface area contributed by atoms with Gasteiger partial charge in [-0.1, -0.05) is 25.0 Å². The minimum atomic E-state index is -0.987. The summed E-state index contributed by atoms with van der Waals surface area (Å²) in [6.07, 6.45) is 5.20. The fourth-order valence-electron chi connectivity index (χ4n) is 3.81. The first-order chi connectivity index (χ1) is 15.5. The Balaban J connectivity index is 1.81. The van der Waals surface area contributed by atoms with Crippen LogP contribution in [0.1, 0.15) is 47.8 Å². The Kier molecular flexibility index (Phi) is 8.38. The summed E-state index contributed by atoms with van der Waals surface area (Å²) in [6.45, 7) is -0.0317. The second-order valence-electron chi connectivity index (χ2n) is 7.68. The van der Waals surface area contributed by atoms with Crippen LogP contribution in [0.2, 0.25) is 0 Å². The summed E-state index contributed by atoms with van der Waals surface area (Å²) < 4.78 is 23.7. The largest absolute Gasteiger partial charge is 0.459 e. The summed E-state index contributed by atoms with van der Waals surface area (Å²) in [7, 11) is 1.49. The fraction of sp³-hybridized carbons (Fsp3) is 0.435. The number of carbonyl (C=O) groups is 3. The van der Waals surface area contributed by atoms with E-state index < -0.39 is 23.7 Å². The van der Waals surface area contributed by atoms with Crippen LogP contribution < -0.4 is 10.6 Å². The van der Waals surface area contributed by atoms with Gasteiger partial charge in [0.05, 0.1) is 19.4 Å². The minimum absolute atomic E-state index is 0.0449. The molecule has 1 saturated carbocycles. The molecule has 1 heterocycles. The first kappa shape index (κ1) is 23.5. The van der Waals surface area contributed by atoms with Gasteiger partial charge in [0, 0.05) is 19.7 Å². The van der Waals surface area contributed by atoms with E-state index in [9.17, 15) is 18.8 Å². The molecule has 1 atom stereocenters. The van der Waals surface area contributed by atoms with Gasteiger partial charge in [-0.05, 0) is 42.7 Å². The molecule has 0 bridgehead atoms. The normalized spacial score (nSPS) is 14.7. The molecule has 0 saturated heterocycles. The number of nitrogens with zero attached hydrogens (tertiary/aromatic N) is 1. The van der Waals surface area contributed by atoms with Crippen LogP contribution in [0.5, 0.6) is 0 Å². The zero-order valence-electron chi connectivity index (χ0n) is 18.0. The lowest BCUT2D eigenvalue weighted by molar-refractivity contribution is -0.141. The third-order valence-corrected chi connectivity index (χ3v) is 5.45. The Morgan fingerprint density at radius 1 is 1.19 bits per heavy atom. The molecule has 8 nitrogen and oxygen atoms in total. The average molecular weight is 445 g/mol. The third kappa shape index (κ3) is 6.16. The molecule has 1 aliphatic rings. The molecule has 32 heavy (non-hydrogen) atoms. The molecule has 1 aromatic heterocycles. The molecule has 3 amide bonds. The summed E-state index contributed by atoms with van der Waals surface area (Å²) >= 11 is 0. The lowest BCUT2D eigenvalue weighted by Crippen LogP contribution is -2.49. The summed E-state index contributed by atoms with van der Waals surface area (Å²) in [4.78, 5) is 39.9. The van der Waals surface area contributed by atoms with Crippen molar-refractivity contribution < 1.29 is 27.9 Å². The van der Waals surface area contributed by atoms with E-state index >= 15 is 0 Å². The standard InChI is InChI=1S/C23H28FN3O5/c1-31-14-12-27(20(28)15-25-22(29)19-7-4-13-32-19)21(16-8-10-17(24)11-9-16)23(30)26-18-5-2-3-6-18/h4,7-11,13,18,21H,2-3,5-6,12,14-15H2,1H3,(H,25,29)(H,26,30)/t21-/m1/s1. The number of amides is 3. The summed E-state index contributed by atoms with van der Waals surface area (Å²) in [5.41, 5.74) is 0.476. The van der Waals surface area contributed by atoms with Crippen molar-refractivity contribution in [3.8, 4) is 0 Å². The van der Waals surface area contributed by atoms with Crippen molar-refractivity contribution in [2.24, 2.45) is 0 Å². The number of ether oxygens (including phenoxy) is 1. The molecule has 0 spiro atoms. The van der Waals surface area contributed by atoms with E-state index in [-0.39, 0.29) is 37.4 Å². The molecule has 1 aromatic carbocycles. The van der Waals surface area contributed by atoms with Gasteiger partial charge in [0.2, 0.25) is 11.8 Å². The second kappa shape index (κ2) is 11.4. The fourth-order valence-corrected chi connectivity index (χ4v) is 3.81. The zero-order chi connectivity index (χ0) is 22.9. The molecular weight excluding hydrogens is 417 g/mol. The number of hydrogen-bond donors (Lipinski definition) is 2. The molecular formula is C23H28FN3O5. The maximum atomic E-state index is 13.5. The Morgan fingerprint density at radius 3 is 2.53 bits per heavy atom. The number of furan rings is 1. The van der Waals surface area contributed by atoms with Crippen molar-refractivity contribution in [1.82, 2.24) is 15.5 Å². The van der Waals surface area contributed by atoms with Gasteiger partial charge in [-0.2, -0.15) is 0 Å². The van der Waals surface area contributed by atoms with Crippen molar-refractivity contribution in [2.75, 3.05) is 26.8 Å². The van der Waals surface area contributed by atoms with Crippen LogP contribution in [-0.4, -0.2) is 55.5 Å². The van der Waals surface area contributed by atoms with E-state index in [2.05, 4.69) is 10.6 Å². The van der Waals surface area contributed by atoms with Crippen molar-refractivity contribution >= 4 is 17.7 Å². The topological polar surface area (TPSA) is 101 Å². The van der Waals surface area contributed by atoms with E-state index in [1.807, 2.05) is 0 Å². The molecule has 9 heteroatoms. The molecule has 0 radical (unpaired) electrons.